The number of rotatable bonds is 10. The van der Waals surface area contributed by atoms with Crippen LogP contribution in [0.5, 0.6) is 17.5 Å². The first-order valence-corrected chi connectivity index (χ1v) is 13.1. The van der Waals surface area contributed by atoms with E-state index in [4.69, 9.17) is 14.2 Å². The lowest BCUT2D eigenvalue weighted by Gasteiger charge is -2.20. The van der Waals surface area contributed by atoms with E-state index in [9.17, 15) is 12.8 Å². The monoisotopic (exact) mass is 543 g/mol. The Morgan fingerprint density at radius 1 is 0.947 bits per heavy atom. The summed E-state index contributed by atoms with van der Waals surface area (Å²) < 4.78 is 58.3. The fourth-order valence-corrected chi connectivity index (χ4v) is 5.37. The Hall–Kier alpha value is -4.20. The summed E-state index contributed by atoms with van der Waals surface area (Å²) >= 11 is 0. The highest BCUT2D eigenvalue weighted by atomic mass is 32.2. The molecule has 0 N–H and O–H groups in total. The van der Waals surface area contributed by atoms with Crippen LogP contribution in [0.15, 0.2) is 42.9 Å². The van der Waals surface area contributed by atoms with E-state index in [0.29, 0.717) is 22.9 Å². The van der Waals surface area contributed by atoms with Crippen molar-refractivity contribution >= 4 is 9.84 Å². The van der Waals surface area contributed by atoms with Crippen LogP contribution in [-0.2, 0) is 15.6 Å². The van der Waals surface area contributed by atoms with Gasteiger partial charge in [-0.25, -0.2) is 27.8 Å². The van der Waals surface area contributed by atoms with Crippen molar-refractivity contribution in [3.05, 3.63) is 60.3 Å². The summed E-state index contributed by atoms with van der Waals surface area (Å²) in [6.07, 6.45) is 3.50. The summed E-state index contributed by atoms with van der Waals surface area (Å²) in [6, 6.07) is 6.84. The van der Waals surface area contributed by atoms with E-state index >= 15 is 0 Å². The molecule has 0 saturated carbocycles. The number of nitrogens with zero attached hydrogens (tertiary/aromatic N) is 7. The second-order valence-electron chi connectivity index (χ2n) is 8.28. The molecule has 2 atom stereocenters. The normalized spacial score (nSPS) is 13.1. The zero-order chi connectivity index (χ0) is 27.4. The number of ether oxygens (including phenoxy) is 3. The predicted molar refractivity (Wildman–Crippen MR) is 135 cm³/mol. The van der Waals surface area contributed by atoms with Crippen LogP contribution in [0.3, 0.4) is 0 Å². The molecule has 4 rings (SSSR count). The van der Waals surface area contributed by atoms with Crippen molar-refractivity contribution in [3.8, 4) is 34.7 Å². The minimum Gasteiger partial charge on any atom is -0.494 e. The van der Waals surface area contributed by atoms with Crippen molar-refractivity contribution in [3.63, 3.8) is 0 Å². The Labute approximate surface area is 218 Å². The van der Waals surface area contributed by atoms with E-state index in [1.807, 2.05) is 0 Å². The molecule has 200 valence electrons. The van der Waals surface area contributed by atoms with E-state index in [1.165, 1.54) is 32.1 Å². The average molecular weight is 544 g/mol. The van der Waals surface area contributed by atoms with Crippen molar-refractivity contribution in [2.24, 2.45) is 0 Å². The van der Waals surface area contributed by atoms with Gasteiger partial charge in [-0.15, -0.1) is 10.2 Å². The summed E-state index contributed by atoms with van der Waals surface area (Å²) in [6.45, 7) is 3.22. The summed E-state index contributed by atoms with van der Waals surface area (Å²) in [4.78, 5) is 16.3. The molecule has 0 radical (unpaired) electrons. The minimum absolute atomic E-state index is 0.0967. The molecule has 12 nitrogen and oxygen atoms in total. The molecule has 0 aliphatic heterocycles. The fourth-order valence-electron chi connectivity index (χ4n) is 3.82. The van der Waals surface area contributed by atoms with Gasteiger partial charge in [0.05, 0.1) is 39.0 Å². The molecule has 0 saturated heterocycles. The maximum atomic E-state index is 13.6. The zero-order valence-corrected chi connectivity index (χ0v) is 22.2. The molecule has 3 heterocycles. The van der Waals surface area contributed by atoms with Gasteiger partial charge in [-0.05, 0) is 25.1 Å². The van der Waals surface area contributed by atoms with Gasteiger partial charge in [0.15, 0.2) is 27.3 Å². The number of sulfone groups is 1. The van der Waals surface area contributed by atoms with Crippen LogP contribution in [0.1, 0.15) is 31.4 Å². The lowest BCUT2D eigenvalue weighted by Crippen LogP contribution is -2.27. The highest BCUT2D eigenvalue weighted by Gasteiger charge is 2.33. The van der Waals surface area contributed by atoms with Crippen LogP contribution in [0.25, 0.3) is 17.2 Å². The standard InChI is InChI=1S/C24H26FN7O5S/c1-14(22-27-11-16(25)12-28-22)15(2)38(33,34)13-20-30-31-23(17-9-10-26-24(29-17)37-5)32(20)21-18(35-3)7-6-8-19(21)36-4/h6-12,14-15H,13H2,1-5H3/t14-,15-/m0/s1. The van der Waals surface area contributed by atoms with E-state index < -0.39 is 32.6 Å². The Balaban J connectivity index is 1.84. The fraction of sp³-hybridized carbons (Fsp3) is 0.333. The van der Waals surface area contributed by atoms with Gasteiger partial charge in [0, 0.05) is 12.1 Å². The van der Waals surface area contributed by atoms with Crippen LogP contribution < -0.4 is 14.2 Å². The van der Waals surface area contributed by atoms with Crippen LogP contribution in [0.4, 0.5) is 4.39 Å². The van der Waals surface area contributed by atoms with Gasteiger partial charge in [-0.2, -0.15) is 4.98 Å². The van der Waals surface area contributed by atoms with Gasteiger partial charge in [0.25, 0.3) is 0 Å². The molecule has 14 heteroatoms. The Bertz CT molecular complexity index is 1510. The molecule has 0 unspecified atom stereocenters. The van der Waals surface area contributed by atoms with Crippen molar-refractivity contribution < 1.29 is 27.0 Å². The molecule has 0 spiro atoms. The van der Waals surface area contributed by atoms with Gasteiger partial charge >= 0.3 is 6.01 Å². The first kappa shape index (κ1) is 26.9. The number of methoxy groups -OCH3 is 3. The second-order valence-corrected chi connectivity index (χ2v) is 10.6. The molecule has 0 amide bonds. The quantitative estimate of drug-likeness (QED) is 0.291. The molecular formula is C24H26FN7O5S. The van der Waals surface area contributed by atoms with Crippen molar-refractivity contribution in [1.29, 1.82) is 0 Å². The van der Waals surface area contributed by atoms with Crippen molar-refractivity contribution in [1.82, 2.24) is 34.7 Å². The van der Waals surface area contributed by atoms with Gasteiger partial charge in [-0.3, -0.25) is 4.57 Å². The lowest BCUT2D eigenvalue weighted by molar-refractivity contribution is 0.380. The third-order valence-corrected chi connectivity index (χ3v) is 8.25. The molecule has 38 heavy (non-hydrogen) atoms. The topological polar surface area (TPSA) is 144 Å². The van der Waals surface area contributed by atoms with Crippen LogP contribution in [-0.4, -0.2) is 69.7 Å². The van der Waals surface area contributed by atoms with Crippen LogP contribution in [0.2, 0.25) is 0 Å². The molecule has 0 aliphatic carbocycles. The molecule has 0 aliphatic rings. The molecule has 0 fully saturated rings. The van der Waals surface area contributed by atoms with E-state index in [-0.39, 0.29) is 23.5 Å². The Kier molecular flexibility index (Phi) is 7.80. The van der Waals surface area contributed by atoms with Gasteiger partial charge in [-0.1, -0.05) is 13.0 Å². The largest absolute Gasteiger partial charge is 0.494 e. The molecular weight excluding hydrogens is 517 g/mol. The molecule has 0 bridgehead atoms. The van der Waals surface area contributed by atoms with Crippen molar-refractivity contribution in [2.75, 3.05) is 21.3 Å². The molecule has 4 aromatic rings. The SMILES string of the molecule is COc1nccc(-c2nnc(CS(=O)(=O)[C@@H](C)[C@H](C)c3ncc(F)cn3)n2-c2c(OC)cccc2OC)n1. The van der Waals surface area contributed by atoms with Crippen molar-refractivity contribution in [2.45, 2.75) is 30.8 Å². The van der Waals surface area contributed by atoms with Gasteiger partial charge < -0.3 is 14.2 Å². The van der Waals surface area contributed by atoms with Crippen LogP contribution in [0, 0.1) is 5.82 Å². The van der Waals surface area contributed by atoms with E-state index in [2.05, 4.69) is 30.1 Å². The highest BCUT2D eigenvalue weighted by molar-refractivity contribution is 7.91. The Morgan fingerprint density at radius 3 is 2.21 bits per heavy atom. The number of para-hydroxylation sites is 1. The van der Waals surface area contributed by atoms with Gasteiger partial charge in [0.1, 0.15) is 34.5 Å². The number of benzene rings is 1. The third-order valence-electron chi connectivity index (χ3n) is 6.05. The molecule has 3 aromatic heterocycles. The maximum Gasteiger partial charge on any atom is 0.316 e. The number of hydrogen-bond acceptors (Lipinski definition) is 11. The second kappa shape index (κ2) is 11.0. The number of aromatic nitrogens is 7. The van der Waals surface area contributed by atoms with Crippen LogP contribution >= 0.6 is 0 Å². The first-order valence-electron chi connectivity index (χ1n) is 11.4. The summed E-state index contributed by atoms with van der Waals surface area (Å²) in [5.41, 5.74) is 0.727. The number of hydrogen-bond donors (Lipinski definition) is 0. The zero-order valence-electron chi connectivity index (χ0n) is 21.4. The Morgan fingerprint density at radius 2 is 1.61 bits per heavy atom. The summed E-state index contributed by atoms with van der Waals surface area (Å²) in [5, 5.41) is 7.57. The summed E-state index contributed by atoms with van der Waals surface area (Å²) in [5.74, 6) is -0.398. The summed E-state index contributed by atoms with van der Waals surface area (Å²) in [7, 11) is 0.541. The predicted octanol–water partition coefficient (Wildman–Crippen LogP) is 2.79. The smallest absolute Gasteiger partial charge is 0.316 e. The minimum atomic E-state index is -3.86. The van der Waals surface area contributed by atoms with Gasteiger partial charge in [0.2, 0.25) is 0 Å². The maximum absolute atomic E-state index is 13.6. The molecule has 1 aromatic carbocycles. The van der Waals surface area contributed by atoms with E-state index in [0.717, 1.165) is 12.4 Å². The average Bonchev–Trinajstić information content (AvgIpc) is 3.34. The third kappa shape index (κ3) is 5.25. The highest BCUT2D eigenvalue weighted by Crippen LogP contribution is 2.37. The van der Waals surface area contributed by atoms with E-state index in [1.54, 1.807) is 38.1 Å². The number of halogens is 1. The first-order chi connectivity index (χ1) is 18.2. The lowest BCUT2D eigenvalue weighted by atomic mass is 10.1.